The Kier molecular flexibility index (Phi) is 9.54. The second kappa shape index (κ2) is 12.3. The van der Waals surface area contributed by atoms with Gasteiger partial charge in [0, 0.05) is 24.2 Å². The van der Waals surface area contributed by atoms with E-state index in [9.17, 15) is 13.2 Å². The SMILES string of the molecule is CC(C)(C)O.CCc1c(C)c2c3c(cc(C)n3CCN2c2cccc(C(F)(F)F)n2)c1-c1ccc(C)cc1.O=CO. The van der Waals surface area contributed by atoms with Crippen molar-refractivity contribution in [3.8, 4) is 11.1 Å². The first-order valence-electron chi connectivity index (χ1n) is 13.5. The number of pyridine rings is 1. The molecule has 3 heterocycles. The fourth-order valence-electron chi connectivity index (χ4n) is 5.18. The first-order chi connectivity index (χ1) is 19.1. The summed E-state index contributed by atoms with van der Waals surface area (Å²) in [7, 11) is 0. The normalized spacial score (nSPS) is 12.8. The molecule has 4 aromatic rings. The van der Waals surface area contributed by atoms with Gasteiger partial charge in [-0.15, -0.1) is 0 Å². The number of carboxylic acid groups (broad SMARTS) is 1. The zero-order valence-electron chi connectivity index (χ0n) is 24.6. The van der Waals surface area contributed by atoms with Gasteiger partial charge in [0.1, 0.15) is 11.5 Å². The molecule has 2 N–H and O–H groups in total. The molecule has 0 bridgehead atoms. The van der Waals surface area contributed by atoms with Crippen LogP contribution < -0.4 is 4.90 Å². The molecule has 1 aliphatic heterocycles. The molecular weight excluding hydrogens is 531 g/mol. The lowest BCUT2D eigenvalue weighted by molar-refractivity contribution is -0.141. The van der Waals surface area contributed by atoms with Gasteiger partial charge in [-0.3, -0.25) is 4.79 Å². The summed E-state index contributed by atoms with van der Waals surface area (Å²) in [6, 6.07) is 14.9. The van der Waals surface area contributed by atoms with Crippen LogP contribution in [0.15, 0.2) is 48.5 Å². The molecule has 0 saturated heterocycles. The summed E-state index contributed by atoms with van der Waals surface area (Å²) in [4.78, 5) is 14.3. The maximum atomic E-state index is 13.4. The van der Waals surface area contributed by atoms with E-state index in [-0.39, 0.29) is 6.47 Å². The highest BCUT2D eigenvalue weighted by Gasteiger charge is 2.34. The smallest absolute Gasteiger partial charge is 0.433 e. The monoisotopic (exact) mass is 569 g/mol. The van der Waals surface area contributed by atoms with Gasteiger partial charge in [0.25, 0.3) is 6.47 Å². The topological polar surface area (TPSA) is 78.6 Å². The average molecular weight is 570 g/mol. The number of alkyl halides is 3. The lowest BCUT2D eigenvalue weighted by Crippen LogP contribution is -2.30. The molecule has 0 atom stereocenters. The van der Waals surface area contributed by atoms with Gasteiger partial charge in [0.05, 0.1) is 16.8 Å². The van der Waals surface area contributed by atoms with Gasteiger partial charge in [-0.25, -0.2) is 4.98 Å². The van der Waals surface area contributed by atoms with E-state index >= 15 is 0 Å². The Morgan fingerprint density at radius 2 is 1.59 bits per heavy atom. The number of rotatable bonds is 3. The third kappa shape index (κ3) is 7.08. The third-order valence-electron chi connectivity index (χ3n) is 6.72. The molecule has 6 nitrogen and oxygen atoms in total. The standard InChI is InChI=1S/C27H26F3N3.C4H10O.CH2O2/c1-5-20-18(4)25-26-21(24(20)19-11-9-16(2)10-12-19)15-17(3)32(26)13-14-33(25)23-8-6-7-22(31-23)27(28,29)30;1-4(2,3)5;2-1-3/h6-12,15H,5,13-14H2,1-4H3;5H,1-3H3;1H,(H,2,3). The van der Waals surface area contributed by atoms with Crippen molar-refractivity contribution >= 4 is 28.9 Å². The van der Waals surface area contributed by atoms with Crippen molar-refractivity contribution < 1.29 is 28.2 Å². The van der Waals surface area contributed by atoms with E-state index in [4.69, 9.17) is 15.0 Å². The van der Waals surface area contributed by atoms with Crippen LogP contribution in [0, 0.1) is 20.8 Å². The van der Waals surface area contributed by atoms with Gasteiger partial charge in [-0.05, 0) is 88.4 Å². The lowest BCUT2D eigenvalue weighted by atomic mass is 9.88. The zero-order chi connectivity index (χ0) is 30.7. The number of hydrogen-bond donors (Lipinski definition) is 2. The van der Waals surface area contributed by atoms with E-state index in [1.165, 1.54) is 28.3 Å². The number of aromatic nitrogens is 2. The largest absolute Gasteiger partial charge is 0.483 e. The first kappa shape index (κ1) is 31.7. The zero-order valence-corrected chi connectivity index (χ0v) is 24.6. The molecule has 2 aromatic carbocycles. The molecule has 9 heteroatoms. The van der Waals surface area contributed by atoms with Crippen LogP contribution >= 0.6 is 0 Å². The van der Waals surface area contributed by atoms with Crippen LogP contribution in [-0.2, 0) is 23.9 Å². The van der Waals surface area contributed by atoms with Gasteiger partial charge in [-0.2, -0.15) is 13.2 Å². The van der Waals surface area contributed by atoms with E-state index in [1.807, 2.05) is 4.90 Å². The number of carbonyl (C=O) groups is 1. The van der Waals surface area contributed by atoms with Gasteiger partial charge in [-0.1, -0.05) is 42.8 Å². The van der Waals surface area contributed by atoms with E-state index in [1.54, 1.807) is 26.8 Å². The van der Waals surface area contributed by atoms with Crippen LogP contribution in [0.5, 0.6) is 0 Å². The number of benzene rings is 2. The Bertz CT molecular complexity index is 1510. The van der Waals surface area contributed by atoms with Crippen molar-refractivity contribution in [2.45, 2.75) is 73.2 Å². The van der Waals surface area contributed by atoms with Crippen molar-refractivity contribution in [3.63, 3.8) is 0 Å². The summed E-state index contributed by atoms with van der Waals surface area (Å²) in [5.41, 5.74) is 7.73. The minimum Gasteiger partial charge on any atom is -0.483 e. The highest BCUT2D eigenvalue weighted by atomic mass is 19.4. The molecule has 0 unspecified atom stereocenters. The predicted molar refractivity (Wildman–Crippen MR) is 158 cm³/mol. The fraction of sp³-hybridized carbons (Fsp3) is 0.375. The highest BCUT2D eigenvalue weighted by Crippen LogP contribution is 2.46. The third-order valence-corrected chi connectivity index (χ3v) is 6.72. The van der Waals surface area contributed by atoms with E-state index in [2.05, 4.69) is 67.6 Å². The minimum atomic E-state index is -4.48. The van der Waals surface area contributed by atoms with Gasteiger partial charge < -0.3 is 19.7 Å². The number of hydrogen-bond acceptors (Lipinski definition) is 4. The van der Waals surface area contributed by atoms with Gasteiger partial charge in [0.15, 0.2) is 0 Å². The predicted octanol–water partition coefficient (Wildman–Crippen LogP) is 7.84. The molecule has 41 heavy (non-hydrogen) atoms. The molecule has 2 aromatic heterocycles. The Morgan fingerprint density at radius 1 is 1.00 bits per heavy atom. The first-order valence-corrected chi connectivity index (χ1v) is 13.5. The summed E-state index contributed by atoms with van der Waals surface area (Å²) < 4.78 is 42.5. The van der Waals surface area contributed by atoms with Crippen LogP contribution in [0.25, 0.3) is 22.0 Å². The van der Waals surface area contributed by atoms with Crippen LogP contribution in [0.4, 0.5) is 24.7 Å². The van der Waals surface area contributed by atoms with E-state index < -0.39 is 17.5 Å². The van der Waals surface area contributed by atoms with Crippen molar-refractivity contribution in [2.75, 3.05) is 11.4 Å². The quantitative estimate of drug-likeness (QED) is 0.246. The number of nitrogens with zero attached hydrogens (tertiary/aromatic N) is 3. The van der Waals surface area contributed by atoms with Crippen LogP contribution in [-0.4, -0.2) is 38.4 Å². The van der Waals surface area contributed by atoms with Crippen molar-refractivity contribution in [1.82, 2.24) is 9.55 Å². The molecule has 0 aliphatic carbocycles. The summed E-state index contributed by atoms with van der Waals surface area (Å²) in [5.74, 6) is 0.337. The molecule has 0 radical (unpaired) electrons. The lowest BCUT2D eigenvalue weighted by Gasteiger charge is -2.34. The van der Waals surface area contributed by atoms with Crippen molar-refractivity contribution in [1.29, 1.82) is 0 Å². The molecular formula is C32H38F3N3O3. The molecule has 1 aliphatic rings. The second-order valence-electron chi connectivity index (χ2n) is 11.1. The summed E-state index contributed by atoms with van der Waals surface area (Å²) in [6.45, 7) is 14.6. The van der Waals surface area contributed by atoms with Crippen molar-refractivity contribution in [2.24, 2.45) is 0 Å². The molecule has 5 rings (SSSR count). The van der Waals surface area contributed by atoms with Gasteiger partial charge in [0.2, 0.25) is 0 Å². The second-order valence-corrected chi connectivity index (χ2v) is 11.1. The molecule has 0 amide bonds. The van der Waals surface area contributed by atoms with Crippen LogP contribution in [0.1, 0.15) is 55.8 Å². The molecule has 0 saturated carbocycles. The van der Waals surface area contributed by atoms with E-state index in [0.717, 1.165) is 40.3 Å². The summed E-state index contributed by atoms with van der Waals surface area (Å²) >= 11 is 0. The van der Waals surface area contributed by atoms with Crippen molar-refractivity contribution in [3.05, 3.63) is 76.6 Å². The Morgan fingerprint density at radius 3 is 2.12 bits per heavy atom. The maximum absolute atomic E-state index is 13.4. The van der Waals surface area contributed by atoms with Crippen LogP contribution in [0.3, 0.4) is 0 Å². The number of anilines is 2. The number of aliphatic hydroxyl groups is 1. The number of halogens is 3. The minimum absolute atomic E-state index is 0.250. The molecule has 0 spiro atoms. The van der Waals surface area contributed by atoms with Gasteiger partial charge >= 0.3 is 6.18 Å². The fourth-order valence-corrected chi connectivity index (χ4v) is 5.18. The number of aryl methyl sites for hydroxylation is 2. The maximum Gasteiger partial charge on any atom is 0.433 e. The Balaban J connectivity index is 0.000000515. The van der Waals surface area contributed by atoms with E-state index in [0.29, 0.717) is 18.9 Å². The summed E-state index contributed by atoms with van der Waals surface area (Å²) in [6.07, 6.45) is -3.65. The Hall–Kier alpha value is -3.85. The average Bonchev–Trinajstić information content (AvgIpc) is 3.22. The molecule has 220 valence electrons. The molecule has 0 fully saturated rings. The highest BCUT2D eigenvalue weighted by molar-refractivity contribution is 6.07. The Labute approximate surface area is 239 Å². The van der Waals surface area contributed by atoms with Crippen LogP contribution in [0.2, 0.25) is 0 Å². The summed E-state index contributed by atoms with van der Waals surface area (Å²) in [5, 5.41) is 16.6.